The molecule has 0 saturated heterocycles. The molecule has 0 saturated carbocycles. The zero-order valence-electron chi connectivity index (χ0n) is 23.3. The van der Waals surface area contributed by atoms with Gasteiger partial charge in [-0.1, -0.05) is 48.5 Å². The number of nitrogens with one attached hydrogen (secondary N) is 1. The van der Waals surface area contributed by atoms with E-state index in [-0.39, 0.29) is 17.3 Å². The Balaban J connectivity index is 2.03. The molecule has 1 atom stereocenters. The van der Waals surface area contributed by atoms with Crippen LogP contribution in [0.5, 0.6) is 5.75 Å². The first-order chi connectivity index (χ1) is 18.3. The number of benzene rings is 3. The molecule has 3 aromatic rings. The lowest BCUT2D eigenvalue weighted by Gasteiger charge is -2.33. The summed E-state index contributed by atoms with van der Waals surface area (Å²) in [5.41, 5.74) is 1.35. The second-order valence-corrected chi connectivity index (χ2v) is 12.3. The van der Waals surface area contributed by atoms with Gasteiger partial charge in [-0.05, 0) is 76.1 Å². The molecule has 0 radical (unpaired) electrons. The molecule has 9 heteroatoms. The number of nitrogens with zero attached hydrogens (tertiary/aromatic N) is 2. The predicted octanol–water partition coefficient (Wildman–Crippen LogP) is 4.53. The second kappa shape index (κ2) is 12.3. The predicted molar refractivity (Wildman–Crippen MR) is 153 cm³/mol. The summed E-state index contributed by atoms with van der Waals surface area (Å²) in [5.74, 6) is -0.183. The molecule has 0 fully saturated rings. The van der Waals surface area contributed by atoms with Crippen molar-refractivity contribution in [1.29, 1.82) is 0 Å². The smallest absolute Gasteiger partial charge is 0.264 e. The van der Waals surface area contributed by atoms with Gasteiger partial charge in [0.2, 0.25) is 11.8 Å². The zero-order chi connectivity index (χ0) is 28.8. The molecule has 3 aromatic carbocycles. The molecule has 1 unspecified atom stereocenters. The quantitative estimate of drug-likeness (QED) is 0.399. The number of hydrogen-bond acceptors (Lipinski definition) is 5. The number of methoxy groups -OCH3 is 1. The van der Waals surface area contributed by atoms with E-state index in [1.54, 1.807) is 69.5 Å². The van der Waals surface area contributed by atoms with Crippen LogP contribution in [-0.2, 0) is 26.2 Å². The van der Waals surface area contributed by atoms with Crippen LogP contribution < -0.4 is 14.4 Å². The Morgan fingerprint density at radius 1 is 0.923 bits per heavy atom. The summed E-state index contributed by atoms with van der Waals surface area (Å²) < 4.78 is 34.0. The van der Waals surface area contributed by atoms with E-state index < -0.39 is 34.1 Å². The monoisotopic (exact) mass is 551 g/mol. The highest BCUT2D eigenvalue weighted by Gasteiger charge is 2.33. The molecular weight excluding hydrogens is 514 g/mol. The van der Waals surface area contributed by atoms with Crippen LogP contribution in [0.25, 0.3) is 0 Å². The molecule has 0 spiro atoms. The van der Waals surface area contributed by atoms with Crippen molar-refractivity contribution in [2.75, 3.05) is 18.0 Å². The molecule has 0 heterocycles. The summed E-state index contributed by atoms with van der Waals surface area (Å²) in [6, 6.07) is 21.3. The van der Waals surface area contributed by atoms with Crippen molar-refractivity contribution in [1.82, 2.24) is 10.2 Å². The fourth-order valence-corrected chi connectivity index (χ4v) is 5.56. The third kappa shape index (κ3) is 7.60. The van der Waals surface area contributed by atoms with Crippen LogP contribution in [0, 0.1) is 6.92 Å². The molecule has 39 heavy (non-hydrogen) atoms. The number of hydrogen-bond donors (Lipinski definition) is 1. The maximum Gasteiger partial charge on any atom is 0.264 e. The lowest BCUT2D eigenvalue weighted by Crippen LogP contribution is -2.54. The molecule has 0 aliphatic carbocycles. The summed E-state index contributed by atoms with van der Waals surface area (Å²) in [7, 11) is -2.53. The van der Waals surface area contributed by atoms with Crippen molar-refractivity contribution in [3.05, 3.63) is 90.0 Å². The minimum Gasteiger partial charge on any atom is -0.497 e. The third-order valence-electron chi connectivity index (χ3n) is 6.17. The Bertz CT molecular complexity index is 1380. The number of aryl methyl sites for hydroxylation is 1. The van der Waals surface area contributed by atoms with Crippen molar-refractivity contribution in [2.45, 2.75) is 57.6 Å². The van der Waals surface area contributed by atoms with Crippen molar-refractivity contribution < 1.29 is 22.7 Å². The average molecular weight is 552 g/mol. The maximum absolute atomic E-state index is 14.0. The number of anilines is 1. The first kappa shape index (κ1) is 29.7. The van der Waals surface area contributed by atoms with E-state index in [4.69, 9.17) is 4.74 Å². The largest absolute Gasteiger partial charge is 0.497 e. The van der Waals surface area contributed by atoms with Gasteiger partial charge in [-0.15, -0.1) is 0 Å². The van der Waals surface area contributed by atoms with Crippen LogP contribution in [-0.4, -0.2) is 50.4 Å². The van der Waals surface area contributed by atoms with E-state index in [0.29, 0.717) is 17.0 Å². The van der Waals surface area contributed by atoms with Crippen LogP contribution in [0.1, 0.15) is 38.8 Å². The highest BCUT2D eigenvalue weighted by Crippen LogP contribution is 2.27. The van der Waals surface area contributed by atoms with Gasteiger partial charge in [0.05, 0.1) is 17.7 Å². The molecule has 208 valence electrons. The van der Waals surface area contributed by atoms with Crippen molar-refractivity contribution in [3.63, 3.8) is 0 Å². The number of amides is 2. The van der Waals surface area contributed by atoms with Gasteiger partial charge in [-0.3, -0.25) is 13.9 Å². The molecule has 0 aliphatic rings. The number of rotatable bonds is 10. The third-order valence-corrected chi connectivity index (χ3v) is 7.95. The van der Waals surface area contributed by atoms with Gasteiger partial charge in [-0.25, -0.2) is 8.42 Å². The van der Waals surface area contributed by atoms with Crippen LogP contribution >= 0.6 is 0 Å². The van der Waals surface area contributed by atoms with E-state index in [9.17, 15) is 18.0 Å². The summed E-state index contributed by atoms with van der Waals surface area (Å²) in [5, 5.41) is 2.92. The minimum absolute atomic E-state index is 0.0706. The van der Waals surface area contributed by atoms with Crippen molar-refractivity contribution in [3.8, 4) is 5.75 Å². The Labute approximate surface area is 231 Å². The molecule has 2 amide bonds. The van der Waals surface area contributed by atoms with Crippen LogP contribution in [0.15, 0.2) is 83.8 Å². The Kier molecular flexibility index (Phi) is 9.40. The highest BCUT2D eigenvalue weighted by atomic mass is 32.2. The topological polar surface area (TPSA) is 96.0 Å². The standard InChI is InChI=1S/C30H37N3O5S/c1-22-12-10-11-15-27(22)33(39(36,37)26-13-8-7-9-14-26)21-28(34)32(23(2)29(35)31-30(3,4)5)20-24-16-18-25(38-6)19-17-24/h7-19,23H,20-21H2,1-6H3,(H,31,35). The molecule has 0 bridgehead atoms. The first-order valence-corrected chi connectivity index (χ1v) is 14.2. The van der Waals surface area contributed by atoms with E-state index >= 15 is 0 Å². The fourth-order valence-electron chi connectivity index (χ4n) is 4.06. The van der Waals surface area contributed by atoms with E-state index in [0.717, 1.165) is 9.87 Å². The summed E-state index contributed by atoms with van der Waals surface area (Å²) in [6.07, 6.45) is 0. The van der Waals surface area contributed by atoms with Crippen molar-refractivity contribution in [2.24, 2.45) is 0 Å². The first-order valence-electron chi connectivity index (χ1n) is 12.7. The zero-order valence-corrected chi connectivity index (χ0v) is 24.2. The minimum atomic E-state index is -4.09. The average Bonchev–Trinajstić information content (AvgIpc) is 2.90. The molecule has 1 N–H and O–H groups in total. The van der Waals surface area contributed by atoms with E-state index in [1.807, 2.05) is 39.0 Å². The normalized spacial score (nSPS) is 12.4. The summed E-state index contributed by atoms with van der Waals surface area (Å²) >= 11 is 0. The fraction of sp³-hybridized carbons (Fsp3) is 0.333. The van der Waals surface area contributed by atoms with Gasteiger partial charge in [0.15, 0.2) is 0 Å². The van der Waals surface area contributed by atoms with Gasteiger partial charge >= 0.3 is 0 Å². The van der Waals surface area contributed by atoms with E-state index in [1.165, 1.54) is 17.0 Å². The van der Waals surface area contributed by atoms with Crippen molar-refractivity contribution >= 4 is 27.5 Å². The van der Waals surface area contributed by atoms with Crippen LogP contribution in [0.4, 0.5) is 5.69 Å². The maximum atomic E-state index is 14.0. The number of sulfonamides is 1. The molecule has 8 nitrogen and oxygen atoms in total. The SMILES string of the molecule is COc1ccc(CN(C(=O)CN(c2ccccc2C)S(=O)(=O)c2ccccc2)C(C)C(=O)NC(C)(C)C)cc1. The van der Waals surface area contributed by atoms with Gasteiger partial charge in [-0.2, -0.15) is 0 Å². The van der Waals surface area contributed by atoms with Gasteiger partial charge < -0.3 is 15.0 Å². The highest BCUT2D eigenvalue weighted by molar-refractivity contribution is 7.92. The molecule has 0 aliphatic heterocycles. The van der Waals surface area contributed by atoms with Gasteiger partial charge in [0.25, 0.3) is 10.0 Å². The number of carbonyl (C=O) groups excluding carboxylic acids is 2. The Hall–Kier alpha value is -3.85. The molecule has 0 aromatic heterocycles. The Morgan fingerprint density at radius 2 is 1.51 bits per heavy atom. The number of ether oxygens (including phenoxy) is 1. The van der Waals surface area contributed by atoms with Gasteiger partial charge in [0.1, 0.15) is 18.3 Å². The van der Waals surface area contributed by atoms with Crippen LogP contribution in [0.3, 0.4) is 0 Å². The van der Waals surface area contributed by atoms with Gasteiger partial charge in [0, 0.05) is 12.1 Å². The number of carbonyl (C=O) groups is 2. The molecular formula is C30H37N3O5S. The van der Waals surface area contributed by atoms with E-state index in [2.05, 4.69) is 5.32 Å². The lowest BCUT2D eigenvalue weighted by molar-refractivity contribution is -0.140. The number of para-hydroxylation sites is 1. The Morgan fingerprint density at radius 3 is 2.08 bits per heavy atom. The lowest BCUT2D eigenvalue weighted by atomic mass is 10.1. The summed E-state index contributed by atoms with van der Waals surface area (Å²) in [6.45, 7) is 8.65. The molecule has 3 rings (SSSR count). The summed E-state index contributed by atoms with van der Waals surface area (Å²) in [4.78, 5) is 28.6. The van der Waals surface area contributed by atoms with Crippen LogP contribution in [0.2, 0.25) is 0 Å². The second-order valence-electron chi connectivity index (χ2n) is 10.4.